The molecule has 3 heterocycles. The molecule has 2 aromatic carbocycles. The van der Waals surface area contributed by atoms with Crippen molar-refractivity contribution in [2.75, 3.05) is 27.2 Å². The quantitative estimate of drug-likeness (QED) is 0.465. The number of amides is 1. The van der Waals surface area contributed by atoms with Crippen LogP contribution in [0, 0.1) is 0 Å². The van der Waals surface area contributed by atoms with E-state index in [4.69, 9.17) is 4.42 Å². The molecule has 0 bridgehead atoms. The van der Waals surface area contributed by atoms with Crippen LogP contribution in [0.4, 0.5) is 0 Å². The van der Waals surface area contributed by atoms with E-state index in [9.17, 15) is 9.59 Å². The van der Waals surface area contributed by atoms with Crippen LogP contribution in [-0.4, -0.2) is 47.9 Å². The number of rotatable bonds is 5. The van der Waals surface area contributed by atoms with Gasteiger partial charge in [-0.15, -0.1) is 0 Å². The summed E-state index contributed by atoms with van der Waals surface area (Å²) in [7, 11) is 4.01. The maximum Gasteiger partial charge on any atom is 0.290 e. The Hall–Kier alpha value is -3.51. The molecule has 156 valence electrons. The summed E-state index contributed by atoms with van der Waals surface area (Å²) in [6.45, 7) is 1.38. The molecule has 1 aliphatic rings. The molecule has 0 aliphatic carbocycles. The number of hydrogen-bond donors (Lipinski definition) is 0. The number of fused-ring (bicyclic) bond motifs is 4. The third-order valence-electron chi connectivity index (χ3n) is 5.88. The van der Waals surface area contributed by atoms with Crippen LogP contribution < -0.4 is 5.43 Å². The predicted octanol–water partition coefficient (Wildman–Crippen LogP) is 3.84. The molecule has 6 heteroatoms. The van der Waals surface area contributed by atoms with E-state index >= 15 is 0 Å². The van der Waals surface area contributed by atoms with E-state index in [-0.39, 0.29) is 17.1 Å². The van der Waals surface area contributed by atoms with Crippen LogP contribution in [0.3, 0.4) is 0 Å². The van der Waals surface area contributed by atoms with Crippen LogP contribution in [0.15, 0.2) is 70.1 Å². The average Bonchev–Trinajstić information content (AvgIpc) is 3.06. The Bertz CT molecular complexity index is 1340. The highest BCUT2D eigenvalue weighted by molar-refractivity contribution is 6.06. The molecule has 0 N–H and O–H groups in total. The average molecular weight is 413 g/mol. The lowest BCUT2D eigenvalue weighted by molar-refractivity contribution is 0.0722. The molecule has 1 atom stereocenters. The molecule has 0 saturated heterocycles. The van der Waals surface area contributed by atoms with E-state index in [1.54, 1.807) is 23.4 Å². The van der Waals surface area contributed by atoms with Gasteiger partial charge in [0.05, 0.1) is 17.0 Å². The molecule has 31 heavy (non-hydrogen) atoms. The van der Waals surface area contributed by atoms with Crippen molar-refractivity contribution in [2.45, 2.75) is 12.5 Å². The molecule has 2 aromatic heterocycles. The first-order valence-electron chi connectivity index (χ1n) is 10.4. The minimum atomic E-state index is -0.472. The lowest BCUT2D eigenvalue weighted by Gasteiger charge is -2.25. The van der Waals surface area contributed by atoms with Crippen LogP contribution in [-0.2, 0) is 0 Å². The first-order chi connectivity index (χ1) is 15.1. The number of aromatic nitrogens is 1. The van der Waals surface area contributed by atoms with Gasteiger partial charge >= 0.3 is 0 Å². The summed E-state index contributed by atoms with van der Waals surface area (Å²) in [5.74, 6) is -0.0805. The van der Waals surface area contributed by atoms with Crippen molar-refractivity contribution in [1.82, 2.24) is 14.8 Å². The fourth-order valence-corrected chi connectivity index (χ4v) is 4.43. The monoisotopic (exact) mass is 413 g/mol. The van der Waals surface area contributed by atoms with Gasteiger partial charge in [-0.25, -0.2) is 0 Å². The molecule has 0 radical (unpaired) electrons. The number of benzene rings is 2. The largest absolute Gasteiger partial charge is 0.450 e. The van der Waals surface area contributed by atoms with Crippen LogP contribution in [0.5, 0.6) is 0 Å². The summed E-state index contributed by atoms with van der Waals surface area (Å²) in [6, 6.07) is 14.7. The van der Waals surface area contributed by atoms with Gasteiger partial charge in [-0.2, -0.15) is 0 Å². The Kier molecular flexibility index (Phi) is 4.79. The maximum atomic E-state index is 13.7. The Balaban J connectivity index is 1.72. The normalized spacial score (nSPS) is 15.9. The zero-order valence-corrected chi connectivity index (χ0v) is 17.5. The molecule has 1 aliphatic heterocycles. The molecule has 0 fully saturated rings. The summed E-state index contributed by atoms with van der Waals surface area (Å²) in [5, 5.41) is 2.30. The van der Waals surface area contributed by atoms with Crippen LogP contribution in [0.1, 0.15) is 34.1 Å². The van der Waals surface area contributed by atoms with Gasteiger partial charge < -0.3 is 14.2 Å². The number of nitrogens with zero attached hydrogens (tertiary/aromatic N) is 3. The van der Waals surface area contributed by atoms with Crippen molar-refractivity contribution < 1.29 is 9.21 Å². The zero-order chi connectivity index (χ0) is 21.5. The summed E-state index contributed by atoms with van der Waals surface area (Å²) in [5.41, 5.74) is 1.61. The lowest BCUT2D eigenvalue weighted by atomic mass is 9.98. The highest BCUT2D eigenvalue weighted by Gasteiger charge is 2.42. The smallest absolute Gasteiger partial charge is 0.290 e. The predicted molar refractivity (Wildman–Crippen MR) is 120 cm³/mol. The van der Waals surface area contributed by atoms with Crippen molar-refractivity contribution in [3.05, 3.63) is 88.0 Å². The third-order valence-corrected chi connectivity index (χ3v) is 5.88. The number of carbonyl (C=O) groups excluding carboxylic acids is 1. The van der Waals surface area contributed by atoms with Crippen LogP contribution in [0.25, 0.3) is 21.7 Å². The molecular formula is C25H23N3O3. The Morgan fingerprint density at radius 1 is 1.00 bits per heavy atom. The number of carbonyl (C=O) groups is 1. The molecule has 5 rings (SSSR count). The van der Waals surface area contributed by atoms with Crippen LogP contribution >= 0.6 is 0 Å². The van der Waals surface area contributed by atoms with Crippen molar-refractivity contribution in [3.8, 4) is 0 Å². The van der Waals surface area contributed by atoms with Gasteiger partial charge in [0.1, 0.15) is 5.58 Å². The molecule has 6 nitrogen and oxygen atoms in total. The highest BCUT2D eigenvalue weighted by atomic mass is 16.3. The molecule has 1 unspecified atom stereocenters. The molecular weight excluding hydrogens is 390 g/mol. The van der Waals surface area contributed by atoms with Crippen LogP contribution in [0.2, 0.25) is 0 Å². The first kappa shape index (κ1) is 19.5. The van der Waals surface area contributed by atoms with Gasteiger partial charge in [0.25, 0.3) is 5.91 Å². The SMILES string of the molecule is CN(C)CCCN1C(=O)c2oc3c(ccc4ccccc43)c(=O)c2C1c1ccncc1. The van der Waals surface area contributed by atoms with Crippen molar-refractivity contribution in [2.24, 2.45) is 0 Å². The second kappa shape index (κ2) is 7.63. The molecule has 0 spiro atoms. The standard InChI is InChI=1S/C25H23N3O3/c1-27(2)14-5-15-28-21(17-10-12-26-13-11-17)20-22(29)19-9-8-16-6-3-4-7-18(16)23(19)31-24(20)25(28)30/h3-4,6-13,21H,5,14-15H2,1-2H3. The Labute approximate surface area is 179 Å². The minimum Gasteiger partial charge on any atom is -0.450 e. The van der Waals surface area contributed by atoms with E-state index in [1.165, 1.54) is 0 Å². The summed E-state index contributed by atoms with van der Waals surface area (Å²) in [4.78, 5) is 35.0. The van der Waals surface area contributed by atoms with E-state index in [1.807, 2.05) is 56.6 Å². The van der Waals surface area contributed by atoms with E-state index in [2.05, 4.69) is 9.88 Å². The Morgan fingerprint density at radius 3 is 2.55 bits per heavy atom. The zero-order valence-electron chi connectivity index (χ0n) is 17.5. The first-order valence-corrected chi connectivity index (χ1v) is 10.4. The van der Waals surface area contributed by atoms with Gasteiger partial charge in [0, 0.05) is 24.3 Å². The second-order valence-corrected chi connectivity index (χ2v) is 8.18. The minimum absolute atomic E-state index is 0.146. The topological polar surface area (TPSA) is 66.7 Å². The summed E-state index contributed by atoms with van der Waals surface area (Å²) >= 11 is 0. The van der Waals surface area contributed by atoms with E-state index in [0.717, 1.165) is 29.3 Å². The van der Waals surface area contributed by atoms with Gasteiger partial charge in [-0.1, -0.05) is 30.3 Å². The summed E-state index contributed by atoms with van der Waals surface area (Å²) in [6.07, 6.45) is 4.17. The van der Waals surface area contributed by atoms with Gasteiger partial charge in [0.15, 0.2) is 5.43 Å². The van der Waals surface area contributed by atoms with E-state index < -0.39 is 6.04 Å². The second-order valence-electron chi connectivity index (χ2n) is 8.18. The fourth-order valence-electron chi connectivity index (χ4n) is 4.43. The van der Waals surface area contributed by atoms with Crippen molar-refractivity contribution in [3.63, 3.8) is 0 Å². The highest BCUT2D eigenvalue weighted by Crippen LogP contribution is 2.39. The van der Waals surface area contributed by atoms with Gasteiger partial charge in [0.2, 0.25) is 5.76 Å². The third kappa shape index (κ3) is 3.20. The van der Waals surface area contributed by atoms with Gasteiger partial charge in [-0.05, 0) is 56.2 Å². The van der Waals surface area contributed by atoms with Crippen molar-refractivity contribution >= 4 is 27.6 Å². The molecule has 1 amide bonds. The van der Waals surface area contributed by atoms with Gasteiger partial charge in [-0.3, -0.25) is 14.6 Å². The summed E-state index contributed by atoms with van der Waals surface area (Å²) < 4.78 is 6.20. The molecule has 0 saturated carbocycles. The number of pyridine rings is 1. The van der Waals surface area contributed by atoms with E-state index in [0.29, 0.717) is 23.1 Å². The lowest BCUT2D eigenvalue weighted by Crippen LogP contribution is -2.32. The molecule has 4 aromatic rings. The van der Waals surface area contributed by atoms with Crippen molar-refractivity contribution in [1.29, 1.82) is 0 Å². The maximum absolute atomic E-state index is 13.7. The number of hydrogen-bond acceptors (Lipinski definition) is 5. The Morgan fingerprint density at radius 2 is 1.77 bits per heavy atom. The fraction of sp³-hybridized carbons (Fsp3) is 0.240.